The number of carbonyl (C=O) groups is 1. The number of esters is 1. The minimum Gasteiger partial charge on any atom is -0.466 e. The molecule has 2 heterocycles. The van der Waals surface area contributed by atoms with Crippen molar-refractivity contribution in [2.45, 2.75) is 38.0 Å². The van der Waals surface area contributed by atoms with Crippen LogP contribution in [0.15, 0.2) is 18.2 Å². The number of ether oxygens (including phenoxy) is 2. The number of nitriles is 1. The van der Waals surface area contributed by atoms with E-state index in [1.807, 2.05) is 6.07 Å². The second kappa shape index (κ2) is 6.65. The van der Waals surface area contributed by atoms with E-state index in [1.165, 1.54) is 6.07 Å². The first-order chi connectivity index (χ1) is 12.3. The van der Waals surface area contributed by atoms with Crippen LogP contribution in [0.5, 0.6) is 0 Å². The lowest BCUT2D eigenvalue weighted by atomic mass is 9.88. The van der Waals surface area contributed by atoms with Crippen LogP contribution >= 0.6 is 0 Å². The SMILES string of the molecule is CCOC(=O)CCC1(C#N)OCCc2c1[nH]c1c(C(F)(F)F)cccc21. The summed E-state index contributed by atoms with van der Waals surface area (Å²) in [5.74, 6) is -0.482. The number of hydrogen-bond acceptors (Lipinski definition) is 4. The predicted molar refractivity (Wildman–Crippen MR) is 86.1 cm³/mol. The van der Waals surface area contributed by atoms with Crippen molar-refractivity contribution >= 4 is 16.9 Å². The number of rotatable bonds is 4. The molecular formula is C18H17F3N2O3. The normalized spacial score (nSPS) is 19.8. The Bertz CT molecular complexity index is 882. The summed E-state index contributed by atoms with van der Waals surface area (Å²) in [6.45, 7) is 2.07. The lowest BCUT2D eigenvalue weighted by Gasteiger charge is -2.31. The molecule has 0 saturated heterocycles. The van der Waals surface area contributed by atoms with Crippen LogP contribution in [0.3, 0.4) is 0 Å². The van der Waals surface area contributed by atoms with Crippen molar-refractivity contribution in [1.29, 1.82) is 5.26 Å². The van der Waals surface area contributed by atoms with Crippen molar-refractivity contribution in [2.75, 3.05) is 13.2 Å². The van der Waals surface area contributed by atoms with Gasteiger partial charge in [-0.3, -0.25) is 4.79 Å². The Morgan fingerprint density at radius 2 is 2.23 bits per heavy atom. The van der Waals surface area contributed by atoms with Gasteiger partial charge in [0.2, 0.25) is 0 Å². The van der Waals surface area contributed by atoms with E-state index in [4.69, 9.17) is 9.47 Å². The maximum atomic E-state index is 13.3. The lowest BCUT2D eigenvalue weighted by molar-refractivity contribution is -0.145. The fourth-order valence-corrected chi connectivity index (χ4v) is 3.37. The Balaban J connectivity index is 2.09. The second-order valence-corrected chi connectivity index (χ2v) is 6.05. The van der Waals surface area contributed by atoms with Gasteiger partial charge < -0.3 is 14.5 Å². The third-order valence-corrected chi connectivity index (χ3v) is 4.52. The van der Waals surface area contributed by atoms with Gasteiger partial charge in [-0.2, -0.15) is 18.4 Å². The van der Waals surface area contributed by atoms with Gasteiger partial charge >= 0.3 is 12.1 Å². The Hall–Kier alpha value is -2.53. The van der Waals surface area contributed by atoms with Crippen molar-refractivity contribution < 1.29 is 27.4 Å². The Kier molecular flexibility index (Phi) is 4.67. The first-order valence-corrected chi connectivity index (χ1v) is 8.24. The fraction of sp³-hybridized carbons (Fsp3) is 0.444. The molecule has 2 aromatic rings. The van der Waals surface area contributed by atoms with E-state index in [0.29, 0.717) is 23.1 Å². The molecule has 0 amide bonds. The first kappa shape index (κ1) is 18.3. The molecule has 8 heteroatoms. The van der Waals surface area contributed by atoms with Crippen LogP contribution in [0.4, 0.5) is 13.2 Å². The van der Waals surface area contributed by atoms with Crippen LogP contribution in [-0.4, -0.2) is 24.2 Å². The third-order valence-electron chi connectivity index (χ3n) is 4.52. The zero-order valence-corrected chi connectivity index (χ0v) is 14.1. The lowest BCUT2D eigenvalue weighted by Crippen LogP contribution is -2.35. The highest BCUT2D eigenvalue weighted by Gasteiger charge is 2.42. The minimum atomic E-state index is -4.52. The number of carbonyl (C=O) groups excluding carboxylic acids is 1. The molecule has 5 nitrogen and oxygen atoms in total. The number of fused-ring (bicyclic) bond motifs is 3. The summed E-state index contributed by atoms with van der Waals surface area (Å²) >= 11 is 0. The largest absolute Gasteiger partial charge is 0.466 e. The zero-order chi connectivity index (χ0) is 18.9. The van der Waals surface area contributed by atoms with Crippen LogP contribution < -0.4 is 0 Å². The van der Waals surface area contributed by atoms with Gasteiger partial charge in [0, 0.05) is 18.2 Å². The number of hydrogen-bond donors (Lipinski definition) is 1. The van der Waals surface area contributed by atoms with Gasteiger partial charge in [0.25, 0.3) is 0 Å². The maximum Gasteiger partial charge on any atom is 0.418 e. The van der Waals surface area contributed by atoms with Gasteiger partial charge in [0.15, 0.2) is 5.60 Å². The number of benzene rings is 1. The number of para-hydroxylation sites is 1. The molecule has 0 radical (unpaired) electrons. The van der Waals surface area contributed by atoms with Gasteiger partial charge in [-0.25, -0.2) is 0 Å². The number of nitrogens with zero attached hydrogens (tertiary/aromatic N) is 1. The van der Waals surface area contributed by atoms with E-state index in [1.54, 1.807) is 13.0 Å². The molecule has 0 saturated carbocycles. The molecule has 1 atom stereocenters. The minimum absolute atomic E-state index is 0.00348. The Morgan fingerprint density at radius 1 is 1.46 bits per heavy atom. The molecule has 1 aromatic carbocycles. The summed E-state index contributed by atoms with van der Waals surface area (Å²) in [5.41, 5.74) is -1.43. The average molecular weight is 366 g/mol. The molecule has 3 rings (SSSR count). The Labute approximate surface area is 147 Å². The first-order valence-electron chi connectivity index (χ1n) is 8.24. The molecular weight excluding hydrogens is 349 g/mol. The maximum absolute atomic E-state index is 13.3. The van der Waals surface area contributed by atoms with Crippen molar-refractivity contribution in [3.8, 4) is 6.07 Å². The number of aromatic amines is 1. The summed E-state index contributed by atoms with van der Waals surface area (Å²) in [6, 6.07) is 5.99. The highest BCUT2D eigenvalue weighted by molar-refractivity contribution is 5.88. The number of alkyl halides is 3. The number of H-pyrrole nitrogens is 1. The van der Waals surface area contributed by atoms with Gasteiger partial charge in [-0.05, 0) is 25.0 Å². The van der Waals surface area contributed by atoms with Gasteiger partial charge in [0.05, 0.1) is 30.0 Å². The molecule has 0 fully saturated rings. The molecule has 0 spiro atoms. The highest BCUT2D eigenvalue weighted by atomic mass is 19.4. The van der Waals surface area contributed by atoms with Gasteiger partial charge in [-0.1, -0.05) is 12.1 Å². The summed E-state index contributed by atoms with van der Waals surface area (Å²) in [5, 5.41) is 10.1. The molecule has 1 aliphatic rings. The quantitative estimate of drug-likeness (QED) is 0.835. The number of nitrogens with one attached hydrogen (secondary N) is 1. The summed E-state index contributed by atoms with van der Waals surface area (Å²) in [6.07, 6.45) is -4.20. The second-order valence-electron chi connectivity index (χ2n) is 6.05. The molecule has 1 aromatic heterocycles. The Morgan fingerprint density at radius 3 is 2.88 bits per heavy atom. The molecule has 26 heavy (non-hydrogen) atoms. The van der Waals surface area contributed by atoms with Crippen molar-refractivity contribution in [3.63, 3.8) is 0 Å². The van der Waals surface area contributed by atoms with E-state index < -0.39 is 23.3 Å². The summed E-state index contributed by atoms with van der Waals surface area (Å²) in [7, 11) is 0. The third kappa shape index (κ3) is 3.03. The summed E-state index contributed by atoms with van der Waals surface area (Å²) in [4.78, 5) is 14.4. The van der Waals surface area contributed by atoms with Crippen LogP contribution in [0.1, 0.15) is 36.6 Å². The van der Waals surface area contributed by atoms with E-state index in [2.05, 4.69) is 4.98 Å². The van der Waals surface area contributed by atoms with E-state index in [0.717, 1.165) is 6.07 Å². The standard InChI is InChI=1S/C18H17F3N2O3/c1-2-25-14(24)6-8-17(10-22)16-12(7-9-26-17)11-4-3-5-13(15(11)23-16)18(19,20)21/h3-5,23H,2,6-9H2,1H3. The van der Waals surface area contributed by atoms with E-state index in [9.17, 15) is 23.2 Å². The van der Waals surface area contributed by atoms with Crippen LogP contribution in [0.25, 0.3) is 10.9 Å². The van der Waals surface area contributed by atoms with E-state index >= 15 is 0 Å². The molecule has 1 N–H and O–H groups in total. The molecule has 1 unspecified atom stereocenters. The van der Waals surface area contributed by atoms with E-state index in [-0.39, 0.29) is 31.6 Å². The van der Waals surface area contributed by atoms with Crippen molar-refractivity contribution in [3.05, 3.63) is 35.0 Å². The topological polar surface area (TPSA) is 75.1 Å². The highest BCUT2D eigenvalue weighted by Crippen LogP contribution is 2.43. The van der Waals surface area contributed by atoms with Crippen LogP contribution in [0.2, 0.25) is 0 Å². The molecule has 0 bridgehead atoms. The van der Waals surface area contributed by atoms with Crippen molar-refractivity contribution in [1.82, 2.24) is 4.98 Å². The molecule has 1 aliphatic heterocycles. The average Bonchev–Trinajstić information content (AvgIpc) is 2.99. The van der Waals surface area contributed by atoms with Crippen LogP contribution in [0, 0.1) is 11.3 Å². The van der Waals surface area contributed by atoms with Crippen LogP contribution in [-0.2, 0) is 32.5 Å². The monoisotopic (exact) mass is 366 g/mol. The number of aromatic nitrogens is 1. The zero-order valence-electron chi connectivity index (χ0n) is 14.1. The fourth-order valence-electron chi connectivity index (χ4n) is 3.37. The molecule has 138 valence electrons. The molecule has 0 aliphatic carbocycles. The van der Waals surface area contributed by atoms with Gasteiger partial charge in [0.1, 0.15) is 6.07 Å². The smallest absolute Gasteiger partial charge is 0.418 e. The predicted octanol–water partition coefficient (Wildman–Crippen LogP) is 3.82. The van der Waals surface area contributed by atoms with Crippen molar-refractivity contribution in [2.24, 2.45) is 0 Å². The summed E-state index contributed by atoms with van der Waals surface area (Å²) < 4.78 is 50.5. The van der Waals surface area contributed by atoms with Gasteiger partial charge in [-0.15, -0.1) is 0 Å². The number of halogens is 3.